The van der Waals surface area contributed by atoms with Gasteiger partial charge in [-0.15, -0.1) is 22.7 Å². The third-order valence-corrected chi connectivity index (χ3v) is 8.74. The predicted molar refractivity (Wildman–Crippen MR) is 148 cm³/mol. The minimum atomic E-state index is -0.105. The van der Waals surface area contributed by atoms with Crippen molar-refractivity contribution in [1.29, 1.82) is 10.5 Å². The fourth-order valence-electron chi connectivity index (χ4n) is 3.50. The number of rotatable bonds is 2. The number of nitrogens with zero attached hydrogens (tertiary/aromatic N) is 4. The van der Waals surface area contributed by atoms with Crippen LogP contribution in [0.1, 0.15) is 0 Å². The van der Waals surface area contributed by atoms with E-state index >= 15 is 0 Å². The molecule has 172 valence electrons. The molecule has 4 nitrogen and oxygen atoms in total. The Balaban J connectivity index is 2.40. The van der Waals surface area contributed by atoms with Gasteiger partial charge in [0.2, 0.25) is 0 Å². The number of hydrogen-bond acceptors (Lipinski definition) is 4. The van der Waals surface area contributed by atoms with Gasteiger partial charge < -0.3 is 0 Å². The second-order valence-corrected chi connectivity index (χ2v) is 10.8. The Bertz CT molecular complexity index is 1730. The van der Waals surface area contributed by atoms with E-state index in [9.17, 15) is 10.5 Å². The maximum absolute atomic E-state index is 9.52. The standard InChI is InChI=1S/C26H8Cl4N4S2/c1-33-26(34-2)21-10-15(23-18(29)7-4-8-19(23)30)25(36-21)24-14(9-20(35-24)13(11-31)12-32)22-16(27)5-3-6-17(22)28/h3-10H/b25-24+. The van der Waals surface area contributed by atoms with Crippen LogP contribution >= 0.6 is 69.1 Å². The first-order valence-electron chi connectivity index (χ1n) is 9.81. The van der Waals surface area contributed by atoms with E-state index in [0.717, 1.165) is 0 Å². The summed E-state index contributed by atoms with van der Waals surface area (Å²) in [7, 11) is 0. The molecule has 36 heavy (non-hydrogen) atoms. The number of benzene rings is 2. The normalized spacial score (nSPS) is 11.1. The van der Waals surface area contributed by atoms with Crippen LogP contribution in [0.5, 0.6) is 0 Å². The van der Waals surface area contributed by atoms with Gasteiger partial charge in [-0.2, -0.15) is 20.2 Å². The first-order chi connectivity index (χ1) is 17.3. The maximum atomic E-state index is 9.52. The Morgan fingerprint density at radius 1 is 0.694 bits per heavy atom. The summed E-state index contributed by atoms with van der Waals surface area (Å²) >= 11 is 28.6. The molecule has 0 spiro atoms. The highest BCUT2D eigenvalue weighted by Crippen LogP contribution is 2.40. The number of halogens is 4. The third kappa shape index (κ3) is 4.60. The molecule has 0 fully saturated rings. The van der Waals surface area contributed by atoms with Crippen LogP contribution in [0.25, 0.3) is 43.3 Å². The molecule has 0 atom stereocenters. The topological polar surface area (TPSA) is 56.3 Å². The van der Waals surface area contributed by atoms with Gasteiger partial charge in [-0.05, 0) is 36.4 Å². The van der Waals surface area contributed by atoms with Crippen molar-refractivity contribution in [2.24, 2.45) is 0 Å². The molecule has 2 heterocycles. The zero-order valence-electron chi connectivity index (χ0n) is 17.7. The molecule has 4 aromatic rings. The SMILES string of the molecule is [C-]#[N+]C([N+]#[C-])=c1cc(-c2c(Cl)cccc2Cl)/c(=c2\sc(=C(C#N)C#N)cc2-c2c(Cl)cccc2Cl)s1. The summed E-state index contributed by atoms with van der Waals surface area (Å²) in [6, 6.07) is 17.5. The molecule has 0 aliphatic heterocycles. The Kier molecular flexibility index (Phi) is 7.70. The van der Waals surface area contributed by atoms with Crippen molar-refractivity contribution in [2.75, 3.05) is 0 Å². The fourth-order valence-corrected chi connectivity index (χ4v) is 7.07. The molecule has 0 aliphatic carbocycles. The average molecular weight is 582 g/mol. The zero-order chi connectivity index (χ0) is 26.0. The summed E-state index contributed by atoms with van der Waals surface area (Å²) in [6.07, 6.45) is 0. The van der Waals surface area contributed by atoms with Crippen molar-refractivity contribution in [1.82, 2.24) is 0 Å². The highest BCUT2D eigenvalue weighted by atomic mass is 35.5. The van der Waals surface area contributed by atoms with E-state index in [1.807, 2.05) is 12.1 Å². The van der Waals surface area contributed by atoms with Gasteiger partial charge in [-0.1, -0.05) is 58.5 Å². The minimum absolute atomic E-state index is 0.0700. The molecular weight excluding hydrogens is 574 g/mol. The summed E-state index contributed by atoms with van der Waals surface area (Å²) in [6.45, 7) is 14.9. The largest absolute Gasteiger partial charge is 0.536 e. The lowest BCUT2D eigenvalue weighted by Crippen LogP contribution is -1.95. The molecule has 0 saturated heterocycles. The summed E-state index contributed by atoms with van der Waals surface area (Å²) in [5, 5.41) is 20.6. The summed E-state index contributed by atoms with van der Waals surface area (Å²) < 4.78 is 2.13. The van der Waals surface area contributed by atoms with E-state index in [4.69, 9.17) is 59.5 Å². The Morgan fingerprint density at radius 2 is 1.08 bits per heavy atom. The summed E-state index contributed by atoms with van der Waals surface area (Å²) in [5.74, 6) is -0.105. The first kappa shape index (κ1) is 25.8. The number of hydrogen-bond donors (Lipinski definition) is 0. The van der Waals surface area contributed by atoms with Crippen LogP contribution in [0.3, 0.4) is 0 Å². The van der Waals surface area contributed by atoms with Crippen molar-refractivity contribution in [3.05, 3.63) is 110 Å². The van der Waals surface area contributed by atoms with Crippen molar-refractivity contribution >= 4 is 80.5 Å². The molecule has 2 aromatic heterocycles. The van der Waals surface area contributed by atoms with E-state index in [0.29, 0.717) is 60.5 Å². The zero-order valence-corrected chi connectivity index (χ0v) is 22.4. The molecular formula is C26H8Cl4N4S2. The van der Waals surface area contributed by atoms with E-state index in [1.54, 1.807) is 48.5 Å². The van der Waals surface area contributed by atoms with Gasteiger partial charge in [0.15, 0.2) is 0 Å². The Labute approximate surface area is 233 Å². The van der Waals surface area contributed by atoms with Crippen LogP contribution in [0, 0.1) is 44.9 Å². The first-order valence-corrected chi connectivity index (χ1v) is 13.0. The van der Waals surface area contributed by atoms with Crippen LogP contribution in [0.15, 0.2) is 48.5 Å². The fraction of sp³-hybridized carbons (Fsp3) is 0. The molecule has 4 rings (SSSR count). The molecule has 0 saturated carbocycles. The van der Waals surface area contributed by atoms with Gasteiger partial charge >= 0.3 is 5.82 Å². The predicted octanol–water partition coefficient (Wildman–Crippen LogP) is 8.15. The van der Waals surface area contributed by atoms with Crippen molar-refractivity contribution in [3.63, 3.8) is 0 Å². The molecule has 10 heteroatoms. The minimum Gasteiger partial charge on any atom is -0.192 e. The monoisotopic (exact) mass is 580 g/mol. The maximum Gasteiger partial charge on any atom is 0.536 e. The number of nitriles is 2. The van der Waals surface area contributed by atoms with Gasteiger partial charge in [0, 0.05) is 42.3 Å². The van der Waals surface area contributed by atoms with Crippen LogP contribution < -0.4 is 9.06 Å². The number of thiophene rings is 2. The molecule has 0 amide bonds. The van der Waals surface area contributed by atoms with Gasteiger partial charge in [0.1, 0.15) is 35.4 Å². The molecule has 0 unspecified atom stereocenters. The molecule has 0 bridgehead atoms. The van der Waals surface area contributed by atoms with Gasteiger partial charge in [-0.25, -0.2) is 0 Å². The van der Waals surface area contributed by atoms with Gasteiger partial charge in [0.05, 0.1) is 13.6 Å². The van der Waals surface area contributed by atoms with Crippen LogP contribution in [0.4, 0.5) is 0 Å². The van der Waals surface area contributed by atoms with Crippen LogP contribution in [-0.2, 0) is 0 Å². The second-order valence-electron chi connectivity index (χ2n) is 7.05. The Morgan fingerprint density at radius 3 is 1.47 bits per heavy atom. The van der Waals surface area contributed by atoms with E-state index < -0.39 is 0 Å². The summed E-state index contributed by atoms with van der Waals surface area (Å²) in [4.78, 5) is 6.72. The van der Waals surface area contributed by atoms with Crippen LogP contribution in [0.2, 0.25) is 20.1 Å². The van der Waals surface area contributed by atoms with Gasteiger partial charge in [-0.3, -0.25) is 0 Å². The lowest BCUT2D eigenvalue weighted by atomic mass is 10.0. The van der Waals surface area contributed by atoms with Crippen molar-refractivity contribution in [3.8, 4) is 34.4 Å². The molecule has 0 N–H and O–H groups in total. The smallest absolute Gasteiger partial charge is 0.192 e. The molecule has 0 aliphatic rings. The highest BCUT2D eigenvalue weighted by Gasteiger charge is 2.19. The van der Waals surface area contributed by atoms with Crippen molar-refractivity contribution < 1.29 is 0 Å². The van der Waals surface area contributed by atoms with E-state index in [2.05, 4.69) is 9.69 Å². The second kappa shape index (κ2) is 10.8. The molecule has 2 aromatic carbocycles. The van der Waals surface area contributed by atoms with Crippen molar-refractivity contribution in [2.45, 2.75) is 0 Å². The Hall–Kier alpha value is -3.30. The summed E-state index contributed by atoms with van der Waals surface area (Å²) in [5.41, 5.74) is 2.18. The van der Waals surface area contributed by atoms with Crippen LogP contribution in [-0.4, -0.2) is 0 Å². The lowest BCUT2D eigenvalue weighted by molar-refractivity contribution is 1.51. The highest BCUT2D eigenvalue weighted by molar-refractivity contribution is 7.12. The molecule has 0 radical (unpaired) electrons. The lowest BCUT2D eigenvalue weighted by Gasteiger charge is -2.07. The van der Waals surface area contributed by atoms with Gasteiger partial charge in [0.25, 0.3) is 0 Å². The average Bonchev–Trinajstić information content (AvgIpc) is 3.46. The van der Waals surface area contributed by atoms with E-state index in [1.165, 1.54) is 22.7 Å². The van der Waals surface area contributed by atoms with E-state index in [-0.39, 0.29) is 11.4 Å². The third-order valence-electron chi connectivity index (χ3n) is 5.04. The quantitative estimate of drug-likeness (QED) is 0.224.